The Bertz CT molecular complexity index is 118. The number of carboxylic acid groups (broad SMARTS) is 1. The second-order valence-electron chi connectivity index (χ2n) is 1.76. The number of hydrogen-bond donors (Lipinski definition) is 1. The highest BCUT2D eigenvalue weighted by Crippen LogP contribution is 1.99. The summed E-state index contributed by atoms with van der Waals surface area (Å²) in [4.78, 5) is 9.85. The number of hydrogen-bond acceptors (Lipinski definition) is 1. The lowest BCUT2D eigenvalue weighted by molar-refractivity contribution is -0.131. The maximum absolute atomic E-state index is 9.85. The van der Waals surface area contributed by atoms with Gasteiger partial charge in [-0.25, -0.2) is 4.79 Å². The topological polar surface area (TPSA) is 37.3 Å². The van der Waals surface area contributed by atoms with Gasteiger partial charge < -0.3 is 5.11 Å². The minimum atomic E-state index is -0.924. The first-order valence-electron chi connectivity index (χ1n) is 2.66. The number of carbonyl (C=O) groups is 1. The summed E-state index contributed by atoms with van der Waals surface area (Å²) >= 11 is 5.52. The first-order chi connectivity index (χ1) is 4.13. The van der Waals surface area contributed by atoms with E-state index in [2.05, 4.69) is 0 Å². The molecule has 0 bridgehead atoms. The molecule has 0 saturated carbocycles. The van der Waals surface area contributed by atoms with Gasteiger partial charge in [-0.3, -0.25) is 0 Å². The molecular weight excluding hydrogens is 140 g/mol. The maximum Gasteiger partial charge on any atom is 0.327 e. The fourth-order valence-corrected chi connectivity index (χ4v) is 0.459. The molecule has 1 atom stereocenters. The first-order valence-corrected chi connectivity index (χ1v) is 3.10. The van der Waals surface area contributed by atoms with Gasteiger partial charge >= 0.3 is 5.97 Å². The Kier molecular flexibility index (Phi) is 4.14. The third-order valence-electron chi connectivity index (χ3n) is 0.721. The monoisotopic (exact) mass is 148 g/mol. The smallest absolute Gasteiger partial charge is 0.327 e. The lowest BCUT2D eigenvalue weighted by atomic mass is 10.3. The molecule has 0 fully saturated rings. The average Bonchev–Trinajstić information content (AvgIpc) is 1.63. The Labute approximate surface area is 59.1 Å². The lowest BCUT2D eigenvalue weighted by Gasteiger charge is -1.91. The third-order valence-corrected chi connectivity index (χ3v) is 0.899. The minimum Gasteiger partial charge on any atom is -0.478 e. The van der Waals surface area contributed by atoms with Crippen LogP contribution in [0.2, 0.25) is 0 Å². The highest BCUT2D eigenvalue weighted by atomic mass is 35.5. The molecule has 0 aromatic heterocycles. The molecule has 0 amide bonds. The van der Waals surface area contributed by atoms with Gasteiger partial charge in [-0.05, 0) is 13.3 Å². The summed E-state index contributed by atoms with van der Waals surface area (Å²) in [6.07, 6.45) is 3.24. The number of alkyl halides is 1. The van der Waals surface area contributed by atoms with Crippen LogP contribution in [0.1, 0.15) is 13.3 Å². The number of carboxylic acids is 1. The van der Waals surface area contributed by atoms with Gasteiger partial charge in [-0.2, -0.15) is 0 Å². The Hall–Kier alpha value is -0.500. The summed E-state index contributed by atoms with van der Waals surface area (Å²) in [5.74, 6) is -0.924. The van der Waals surface area contributed by atoms with Gasteiger partial charge in [0.15, 0.2) is 0 Å². The molecule has 0 rings (SSSR count). The molecule has 9 heavy (non-hydrogen) atoms. The Morgan fingerprint density at radius 1 is 1.89 bits per heavy atom. The van der Waals surface area contributed by atoms with Crippen LogP contribution in [0.15, 0.2) is 12.2 Å². The van der Waals surface area contributed by atoms with E-state index >= 15 is 0 Å². The van der Waals surface area contributed by atoms with E-state index < -0.39 is 5.97 Å². The summed E-state index contributed by atoms with van der Waals surface area (Å²) in [6, 6.07) is 0. The second kappa shape index (κ2) is 4.39. The van der Waals surface area contributed by atoms with Crippen molar-refractivity contribution in [2.75, 3.05) is 0 Å². The van der Waals surface area contributed by atoms with Crippen LogP contribution in [0, 0.1) is 0 Å². The first kappa shape index (κ1) is 8.50. The van der Waals surface area contributed by atoms with E-state index in [1.165, 1.54) is 0 Å². The maximum atomic E-state index is 9.85. The van der Waals surface area contributed by atoms with E-state index in [9.17, 15) is 4.79 Å². The number of allylic oxidation sites excluding steroid dienone is 1. The predicted molar refractivity (Wildman–Crippen MR) is 36.7 cm³/mol. The summed E-state index contributed by atoms with van der Waals surface area (Å²) in [7, 11) is 0. The van der Waals surface area contributed by atoms with Crippen LogP contribution in [0.5, 0.6) is 0 Å². The summed E-state index contributed by atoms with van der Waals surface area (Å²) in [6.45, 7) is 1.81. The molecular formula is C6H9ClO2. The predicted octanol–water partition coefficient (Wildman–Crippen LogP) is 1.64. The van der Waals surface area contributed by atoms with Gasteiger partial charge in [0.25, 0.3) is 0 Å². The van der Waals surface area contributed by atoms with Crippen molar-refractivity contribution in [1.82, 2.24) is 0 Å². The third kappa shape index (κ3) is 7.50. The van der Waals surface area contributed by atoms with E-state index in [-0.39, 0.29) is 5.38 Å². The van der Waals surface area contributed by atoms with Crippen LogP contribution in [0.25, 0.3) is 0 Å². The molecule has 0 aliphatic heterocycles. The van der Waals surface area contributed by atoms with E-state index in [0.717, 1.165) is 6.08 Å². The minimum absolute atomic E-state index is 0.0144. The molecule has 0 aromatic rings. The Morgan fingerprint density at radius 2 is 2.44 bits per heavy atom. The standard InChI is InChI=1S/C6H9ClO2/c1-5(7)3-2-4-6(8)9/h2,4-5H,3H2,1H3,(H,8,9). The molecule has 1 unspecified atom stereocenters. The molecule has 3 heteroatoms. The SMILES string of the molecule is CC(Cl)CC=CC(=O)O. The fourth-order valence-electron chi connectivity index (χ4n) is 0.356. The van der Waals surface area contributed by atoms with Crippen molar-refractivity contribution >= 4 is 17.6 Å². The van der Waals surface area contributed by atoms with Gasteiger partial charge in [0.2, 0.25) is 0 Å². The molecule has 0 aromatic carbocycles. The molecule has 0 heterocycles. The highest BCUT2D eigenvalue weighted by molar-refractivity contribution is 6.20. The summed E-state index contributed by atoms with van der Waals surface area (Å²) in [5, 5.41) is 8.11. The van der Waals surface area contributed by atoms with Crippen molar-refractivity contribution in [1.29, 1.82) is 0 Å². The van der Waals surface area contributed by atoms with Crippen molar-refractivity contribution < 1.29 is 9.90 Å². The molecule has 52 valence electrons. The van der Waals surface area contributed by atoms with Gasteiger partial charge in [0, 0.05) is 11.5 Å². The zero-order chi connectivity index (χ0) is 7.28. The van der Waals surface area contributed by atoms with Gasteiger partial charge in [-0.15, -0.1) is 11.6 Å². The van der Waals surface area contributed by atoms with Crippen molar-refractivity contribution in [3.8, 4) is 0 Å². The zero-order valence-electron chi connectivity index (χ0n) is 5.17. The van der Waals surface area contributed by atoms with Gasteiger partial charge in [0.05, 0.1) is 0 Å². The Morgan fingerprint density at radius 3 is 2.78 bits per heavy atom. The van der Waals surface area contributed by atoms with Crippen molar-refractivity contribution in [3.05, 3.63) is 12.2 Å². The summed E-state index contributed by atoms with van der Waals surface area (Å²) < 4.78 is 0. The van der Waals surface area contributed by atoms with Gasteiger partial charge in [-0.1, -0.05) is 6.08 Å². The Balaban J connectivity index is 3.36. The van der Waals surface area contributed by atoms with Crippen molar-refractivity contribution in [2.45, 2.75) is 18.7 Å². The van der Waals surface area contributed by atoms with Crippen LogP contribution in [-0.2, 0) is 4.79 Å². The molecule has 2 nitrogen and oxygen atoms in total. The molecule has 0 saturated heterocycles. The molecule has 0 aliphatic rings. The molecule has 0 radical (unpaired) electrons. The van der Waals surface area contributed by atoms with E-state index in [4.69, 9.17) is 16.7 Å². The molecule has 0 aliphatic carbocycles. The number of halogens is 1. The van der Waals surface area contributed by atoms with E-state index in [0.29, 0.717) is 6.42 Å². The van der Waals surface area contributed by atoms with Crippen LogP contribution in [-0.4, -0.2) is 16.5 Å². The molecule has 0 spiro atoms. The quantitative estimate of drug-likeness (QED) is 0.488. The van der Waals surface area contributed by atoms with Crippen LogP contribution < -0.4 is 0 Å². The lowest BCUT2D eigenvalue weighted by Crippen LogP contribution is -1.89. The fraction of sp³-hybridized carbons (Fsp3) is 0.500. The number of rotatable bonds is 3. The normalized spacial score (nSPS) is 14.0. The van der Waals surface area contributed by atoms with Crippen LogP contribution >= 0.6 is 11.6 Å². The van der Waals surface area contributed by atoms with Crippen LogP contribution in [0.3, 0.4) is 0 Å². The van der Waals surface area contributed by atoms with E-state index in [1.807, 2.05) is 6.92 Å². The highest BCUT2D eigenvalue weighted by Gasteiger charge is 1.90. The largest absolute Gasteiger partial charge is 0.478 e. The van der Waals surface area contributed by atoms with Gasteiger partial charge in [0.1, 0.15) is 0 Å². The summed E-state index contributed by atoms with van der Waals surface area (Å²) in [5.41, 5.74) is 0. The second-order valence-corrected chi connectivity index (χ2v) is 2.50. The molecule has 1 N–H and O–H groups in total. The van der Waals surface area contributed by atoms with Crippen molar-refractivity contribution in [2.24, 2.45) is 0 Å². The van der Waals surface area contributed by atoms with Crippen LogP contribution in [0.4, 0.5) is 0 Å². The van der Waals surface area contributed by atoms with E-state index in [1.54, 1.807) is 6.08 Å². The van der Waals surface area contributed by atoms with Crippen molar-refractivity contribution in [3.63, 3.8) is 0 Å². The zero-order valence-corrected chi connectivity index (χ0v) is 5.93. The average molecular weight is 149 g/mol. The number of aliphatic carboxylic acids is 1.